The van der Waals surface area contributed by atoms with E-state index in [0.29, 0.717) is 18.5 Å². The van der Waals surface area contributed by atoms with Gasteiger partial charge in [-0.15, -0.1) is 0 Å². The first kappa shape index (κ1) is 21.7. The van der Waals surface area contributed by atoms with E-state index in [1.807, 2.05) is 0 Å². The minimum atomic E-state index is -4.55. The molecule has 0 saturated carbocycles. The number of benzene rings is 2. The summed E-state index contributed by atoms with van der Waals surface area (Å²) in [7, 11) is 0. The zero-order valence-corrected chi connectivity index (χ0v) is 17.3. The lowest BCUT2D eigenvalue weighted by molar-refractivity contribution is -0.137. The molecular formula is C23H19F4N3O2. The molecule has 166 valence electrons. The van der Waals surface area contributed by atoms with Crippen molar-refractivity contribution in [3.05, 3.63) is 92.6 Å². The van der Waals surface area contributed by atoms with Gasteiger partial charge < -0.3 is 4.90 Å². The summed E-state index contributed by atoms with van der Waals surface area (Å²) in [4.78, 5) is 27.2. The number of hydrogen-bond donors (Lipinski definition) is 0. The topological polar surface area (TPSA) is 55.2 Å². The first-order valence-electron chi connectivity index (χ1n) is 9.94. The third-order valence-corrected chi connectivity index (χ3v) is 5.64. The number of halogens is 4. The van der Waals surface area contributed by atoms with E-state index in [1.54, 1.807) is 13.0 Å². The Bertz CT molecular complexity index is 1270. The van der Waals surface area contributed by atoms with Crippen LogP contribution in [0.5, 0.6) is 0 Å². The average molecular weight is 445 g/mol. The van der Waals surface area contributed by atoms with Crippen molar-refractivity contribution in [1.82, 2.24) is 14.7 Å². The van der Waals surface area contributed by atoms with Crippen LogP contribution >= 0.6 is 0 Å². The van der Waals surface area contributed by atoms with Gasteiger partial charge in [-0.2, -0.15) is 18.3 Å². The molecule has 1 aliphatic rings. The maximum Gasteiger partial charge on any atom is 0.416 e. The lowest BCUT2D eigenvalue weighted by atomic mass is 9.93. The molecular weight excluding hydrogens is 426 g/mol. The van der Waals surface area contributed by atoms with E-state index >= 15 is 0 Å². The molecule has 0 aliphatic carbocycles. The summed E-state index contributed by atoms with van der Waals surface area (Å²) < 4.78 is 54.3. The van der Waals surface area contributed by atoms with Crippen LogP contribution in [0.1, 0.15) is 45.8 Å². The normalized spacial score (nSPS) is 16.1. The van der Waals surface area contributed by atoms with E-state index in [4.69, 9.17) is 0 Å². The van der Waals surface area contributed by atoms with Gasteiger partial charge in [0.15, 0.2) is 5.69 Å². The molecule has 0 spiro atoms. The number of rotatable bonds is 2. The summed E-state index contributed by atoms with van der Waals surface area (Å²) in [5.74, 6) is -1.08. The predicted molar refractivity (Wildman–Crippen MR) is 109 cm³/mol. The van der Waals surface area contributed by atoms with Gasteiger partial charge >= 0.3 is 6.18 Å². The van der Waals surface area contributed by atoms with Crippen LogP contribution < -0.4 is 5.43 Å². The molecule has 2 heterocycles. The zero-order valence-electron chi connectivity index (χ0n) is 17.3. The van der Waals surface area contributed by atoms with Crippen molar-refractivity contribution in [2.75, 3.05) is 6.54 Å². The molecule has 1 unspecified atom stereocenters. The van der Waals surface area contributed by atoms with Crippen molar-refractivity contribution in [3.8, 4) is 5.69 Å². The van der Waals surface area contributed by atoms with Gasteiger partial charge in [-0.1, -0.05) is 12.1 Å². The van der Waals surface area contributed by atoms with E-state index < -0.39 is 40.6 Å². The van der Waals surface area contributed by atoms with E-state index in [-0.39, 0.29) is 11.4 Å². The zero-order chi connectivity index (χ0) is 23.2. The molecule has 2 aromatic carbocycles. The number of hydrogen-bond acceptors (Lipinski definition) is 3. The number of fused-ring (bicyclic) bond motifs is 1. The predicted octanol–water partition coefficient (Wildman–Crippen LogP) is 4.46. The summed E-state index contributed by atoms with van der Waals surface area (Å²) in [6, 6.07) is 9.55. The second-order valence-corrected chi connectivity index (χ2v) is 7.73. The highest BCUT2D eigenvalue weighted by Crippen LogP contribution is 2.32. The molecule has 1 amide bonds. The summed E-state index contributed by atoms with van der Waals surface area (Å²) in [6.45, 7) is 3.55. The van der Waals surface area contributed by atoms with Crippen LogP contribution in [-0.2, 0) is 12.6 Å². The van der Waals surface area contributed by atoms with Crippen molar-refractivity contribution in [3.63, 3.8) is 0 Å². The van der Waals surface area contributed by atoms with Crippen LogP contribution in [0.3, 0.4) is 0 Å². The van der Waals surface area contributed by atoms with Crippen LogP contribution in [0.25, 0.3) is 5.69 Å². The molecule has 32 heavy (non-hydrogen) atoms. The van der Waals surface area contributed by atoms with Crippen molar-refractivity contribution in [2.45, 2.75) is 32.5 Å². The Kier molecular flexibility index (Phi) is 5.36. The first-order valence-corrected chi connectivity index (χ1v) is 9.94. The minimum absolute atomic E-state index is 0.0745. The Labute approximate surface area is 180 Å². The fourth-order valence-electron chi connectivity index (χ4n) is 3.97. The summed E-state index contributed by atoms with van der Waals surface area (Å²) >= 11 is 0. The first-order chi connectivity index (χ1) is 15.1. The molecule has 5 nitrogen and oxygen atoms in total. The number of aryl methyl sites for hydroxylation is 1. The van der Waals surface area contributed by atoms with Gasteiger partial charge in [0.2, 0.25) is 5.43 Å². The lowest BCUT2D eigenvalue weighted by Crippen LogP contribution is -2.41. The molecule has 1 aliphatic heterocycles. The average Bonchev–Trinajstić information content (AvgIpc) is 2.73. The van der Waals surface area contributed by atoms with E-state index in [2.05, 4.69) is 5.10 Å². The lowest BCUT2D eigenvalue weighted by Gasteiger charge is -2.35. The third kappa shape index (κ3) is 3.90. The van der Waals surface area contributed by atoms with Crippen LogP contribution in [0, 0.1) is 12.7 Å². The smallest absolute Gasteiger partial charge is 0.330 e. The Morgan fingerprint density at radius 1 is 1.12 bits per heavy atom. The van der Waals surface area contributed by atoms with Crippen molar-refractivity contribution < 1.29 is 22.4 Å². The van der Waals surface area contributed by atoms with Crippen molar-refractivity contribution >= 4 is 5.91 Å². The monoisotopic (exact) mass is 445 g/mol. The standard InChI is InChI=1S/C23H19F4N3O2/c1-13-10-20(31)21(28-30(13)18-5-3-4-16(11-18)23(25,26)27)22(32)29-9-8-15-6-7-17(24)12-19(15)14(29)2/h3-7,10-12,14H,8-9H2,1-2H3. The Hall–Kier alpha value is -3.49. The Balaban J connectivity index is 1.74. The fourth-order valence-corrected chi connectivity index (χ4v) is 3.97. The van der Waals surface area contributed by atoms with E-state index in [0.717, 1.165) is 22.4 Å². The molecule has 0 bridgehead atoms. The van der Waals surface area contributed by atoms with Gasteiger partial charge in [-0.3, -0.25) is 9.59 Å². The van der Waals surface area contributed by atoms with Crippen LogP contribution in [-0.4, -0.2) is 27.1 Å². The summed E-state index contributed by atoms with van der Waals surface area (Å²) in [5.41, 5.74) is 0.0188. The van der Waals surface area contributed by atoms with Crippen LogP contribution in [0.15, 0.2) is 53.3 Å². The number of carbonyl (C=O) groups is 1. The minimum Gasteiger partial charge on any atom is -0.330 e. The SMILES string of the molecule is Cc1cc(=O)c(C(=O)N2CCc3ccc(F)cc3C2C)nn1-c1cccc(C(F)(F)F)c1. The largest absolute Gasteiger partial charge is 0.416 e. The highest BCUT2D eigenvalue weighted by Gasteiger charge is 2.32. The number of nitrogens with zero attached hydrogens (tertiary/aromatic N) is 3. The second kappa shape index (κ2) is 7.89. The third-order valence-electron chi connectivity index (χ3n) is 5.64. The summed E-state index contributed by atoms with van der Waals surface area (Å²) in [5, 5.41) is 4.12. The van der Waals surface area contributed by atoms with E-state index in [9.17, 15) is 27.2 Å². The van der Waals surface area contributed by atoms with Gasteiger partial charge in [0, 0.05) is 18.3 Å². The molecule has 0 radical (unpaired) electrons. The second-order valence-electron chi connectivity index (χ2n) is 7.73. The van der Waals surface area contributed by atoms with Crippen LogP contribution in [0.2, 0.25) is 0 Å². The van der Waals surface area contributed by atoms with Crippen molar-refractivity contribution in [2.24, 2.45) is 0 Å². The molecule has 4 rings (SSSR count). The molecule has 3 aromatic rings. The molecule has 0 fully saturated rings. The van der Waals surface area contributed by atoms with Gasteiger partial charge in [-0.25, -0.2) is 9.07 Å². The maximum atomic E-state index is 13.7. The number of carbonyl (C=O) groups excluding carboxylic acids is 1. The van der Waals surface area contributed by atoms with Crippen molar-refractivity contribution in [1.29, 1.82) is 0 Å². The number of amides is 1. The van der Waals surface area contributed by atoms with Gasteiger partial charge in [0.05, 0.1) is 17.3 Å². The fraction of sp³-hybridized carbons (Fsp3) is 0.261. The molecule has 0 saturated heterocycles. The molecule has 0 N–H and O–H groups in total. The number of aromatic nitrogens is 2. The van der Waals surface area contributed by atoms with Gasteiger partial charge in [-0.05, 0) is 61.7 Å². The van der Waals surface area contributed by atoms with Gasteiger partial charge in [0.1, 0.15) is 5.82 Å². The summed E-state index contributed by atoms with van der Waals surface area (Å²) in [6.07, 6.45) is -4.06. The van der Waals surface area contributed by atoms with E-state index in [1.165, 1.54) is 42.2 Å². The molecule has 1 aromatic heterocycles. The Morgan fingerprint density at radius 2 is 1.88 bits per heavy atom. The highest BCUT2D eigenvalue weighted by molar-refractivity contribution is 5.92. The molecule has 1 atom stereocenters. The molecule has 9 heteroatoms. The number of alkyl halides is 3. The Morgan fingerprint density at radius 3 is 2.59 bits per heavy atom. The maximum absolute atomic E-state index is 13.7. The van der Waals surface area contributed by atoms with Crippen LogP contribution in [0.4, 0.5) is 17.6 Å². The quantitative estimate of drug-likeness (QED) is 0.548. The van der Waals surface area contributed by atoms with Gasteiger partial charge in [0.25, 0.3) is 5.91 Å². The highest BCUT2D eigenvalue weighted by atomic mass is 19.4.